The number of rotatable bonds is 8. The third kappa shape index (κ3) is 5.68. The molecule has 1 atom stereocenters. The Kier molecular flexibility index (Phi) is 7.22. The first-order valence-corrected chi connectivity index (χ1v) is 12.5. The van der Waals surface area contributed by atoms with Crippen LogP contribution in [0.5, 0.6) is 0 Å². The third-order valence-electron chi connectivity index (χ3n) is 5.70. The number of carbonyl (C=O) groups excluding carboxylic acids is 1. The Morgan fingerprint density at radius 2 is 1.70 bits per heavy atom. The molecule has 4 rings (SSSR count). The van der Waals surface area contributed by atoms with Crippen LogP contribution in [0.15, 0.2) is 78.0 Å². The second-order valence-electron chi connectivity index (χ2n) is 8.08. The van der Waals surface area contributed by atoms with Crippen LogP contribution in [0, 0.1) is 0 Å². The Morgan fingerprint density at radius 1 is 1.06 bits per heavy atom. The standard InChI is InChI=1S/C24H28N4O4S/c1-26(17-20-16-25-28(18-20)21-8-4-2-5-9-21)24(29)23(27-12-14-32-15-13-27)19-33(30,31)22-10-6-3-7-11-22/h2-11,16,18,23H,12-15,17,19H2,1H3/t23-/m0/s1. The van der Waals surface area contributed by atoms with Crippen molar-refractivity contribution in [2.45, 2.75) is 17.5 Å². The number of carbonyl (C=O) groups is 1. The number of para-hydroxylation sites is 1. The van der Waals surface area contributed by atoms with Crippen LogP contribution in [0.1, 0.15) is 5.56 Å². The first kappa shape index (κ1) is 23.2. The molecule has 1 aliphatic heterocycles. The summed E-state index contributed by atoms with van der Waals surface area (Å²) in [4.78, 5) is 17.2. The lowest BCUT2D eigenvalue weighted by Crippen LogP contribution is -2.54. The average molecular weight is 469 g/mol. The molecule has 0 spiro atoms. The van der Waals surface area contributed by atoms with Gasteiger partial charge in [-0.2, -0.15) is 5.10 Å². The summed E-state index contributed by atoms with van der Waals surface area (Å²) in [7, 11) is -1.94. The molecule has 1 aromatic heterocycles. The minimum absolute atomic E-state index is 0.225. The Balaban J connectivity index is 1.51. The maximum atomic E-state index is 13.5. The van der Waals surface area contributed by atoms with Crippen LogP contribution in [-0.2, 0) is 25.9 Å². The molecule has 0 N–H and O–H groups in total. The molecule has 0 radical (unpaired) electrons. The van der Waals surface area contributed by atoms with Gasteiger partial charge in [0.05, 0.1) is 35.7 Å². The van der Waals surface area contributed by atoms with E-state index in [9.17, 15) is 13.2 Å². The van der Waals surface area contributed by atoms with E-state index in [0.717, 1.165) is 11.3 Å². The fraction of sp³-hybridized carbons (Fsp3) is 0.333. The van der Waals surface area contributed by atoms with Crippen LogP contribution in [0.25, 0.3) is 5.69 Å². The summed E-state index contributed by atoms with van der Waals surface area (Å²) in [6, 6.07) is 17.2. The molecule has 0 bridgehead atoms. The second-order valence-corrected chi connectivity index (χ2v) is 10.1. The van der Waals surface area contributed by atoms with E-state index in [-0.39, 0.29) is 16.6 Å². The quantitative estimate of drug-likeness (QED) is 0.503. The number of ether oxygens (including phenoxy) is 1. The Hall–Kier alpha value is -3.01. The predicted octanol–water partition coefficient (Wildman–Crippen LogP) is 2.01. The summed E-state index contributed by atoms with van der Waals surface area (Å²) < 4.78 is 33.4. The van der Waals surface area contributed by atoms with Crippen LogP contribution >= 0.6 is 0 Å². The van der Waals surface area contributed by atoms with E-state index in [1.165, 1.54) is 0 Å². The molecule has 3 aromatic rings. The highest BCUT2D eigenvalue weighted by Crippen LogP contribution is 2.18. The molecule has 9 heteroatoms. The molecule has 0 saturated carbocycles. The molecule has 174 valence electrons. The highest BCUT2D eigenvalue weighted by atomic mass is 32.2. The average Bonchev–Trinajstić information content (AvgIpc) is 3.32. The number of nitrogens with zero attached hydrogens (tertiary/aromatic N) is 4. The summed E-state index contributed by atoms with van der Waals surface area (Å²) in [5, 5.41) is 4.39. The molecule has 1 fully saturated rings. The van der Waals surface area contributed by atoms with Gasteiger partial charge >= 0.3 is 0 Å². The number of benzene rings is 2. The van der Waals surface area contributed by atoms with Crippen molar-refractivity contribution in [2.24, 2.45) is 0 Å². The number of morpholine rings is 1. The molecule has 2 heterocycles. The molecule has 2 aromatic carbocycles. The van der Waals surface area contributed by atoms with E-state index in [1.807, 2.05) is 41.4 Å². The lowest BCUT2D eigenvalue weighted by atomic mass is 10.2. The van der Waals surface area contributed by atoms with Gasteiger partial charge < -0.3 is 9.64 Å². The van der Waals surface area contributed by atoms with Crippen molar-refractivity contribution >= 4 is 15.7 Å². The highest BCUT2D eigenvalue weighted by Gasteiger charge is 2.34. The smallest absolute Gasteiger partial charge is 0.241 e. The third-order valence-corrected chi connectivity index (χ3v) is 7.45. The first-order chi connectivity index (χ1) is 15.9. The maximum Gasteiger partial charge on any atom is 0.241 e. The van der Waals surface area contributed by atoms with E-state index in [2.05, 4.69) is 5.10 Å². The molecular weight excluding hydrogens is 440 g/mol. The predicted molar refractivity (Wildman–Crippen MR) is 125 cm³/mol. The van der Waals surface area contributed by atoms with Crippen LogP contribution in [0.3, 0.4) is 0 Å². The number of aromatic nitrogens is 2. The number of hydrogen-bond donors (Lipinski definition) is 0. The summed E-state index contributed by atoms with van der Waals surface area (Å²) in [6.07, 6.45) is 3.60. The van der Waals surface area contributed by atoms with Crippen molar-refractivity contribution in [2.75, 3.05) is 39.1 Å². The first-order valence-electron chi connectivity index (χ1n) is 10.9. The van der Waals surface area contributed by atoms with Gasteiger partial charge in [0.1, 0.15) is 6.04 Å². The Labute approximate surface area is 194 Å². The maximum absolute atomic E-state index is 13.5. The van der Waals surface area contributed by atoms with Gasteiger partial charge in [-0.05, 0) is 24.3 Å². The van der Waals surface area contributed by atoms with E-state index in [1.54, 1.807) is 53.2 Å². The molecule has 8 nitrogen and oxygen atoms in total. The number of hydrogen-bond acceptors (Lipinski definition) is 6. The van der Waals surface area contributed by atoms with Gasteiger partial charge in [0.25, 0.3) is 0 Å². The van der Waals surface area contributed by atoms with E-state index < -0.39 is 15.9 Å². The molecule has 1 aliphatic rings. The SMILES string of the molecule is CN(Cc1cnn(-c2ccccc2)c1)C(=O)[C@H](CS(=O)(=O)c1ccccc1)N1CCOCC1. The van der Waals surface area contributed by atoms with Crippen LogP contribution in [0.4, 0.5) is 0 Å². The molecular formula is C24H28N4O4S. The van der Waals surface area contributed by atoms with E-state index >= 15 is 0 Å². The van der Waals surface area contributed by atoms with Crippen LogP contribution in [-0.4, -0.2) is 79.1 Å². The van der Waals surface area contributed by atoms with Gasteiger partial charge in [0.15, 0.2) is 9.84 Å². The molecule has 1 saturated heterocycles. The molecule has 0 unspecified atom stereocenters. The topological polar surface area (TPSA) is 84.7 Å². The molecule has 33 heavy (non-hydrogen) atoms. The Morgan fingerprint density at radius 3 is 2.36 bits per heavy atom. The van der Waals surface area contributed by atoms with Gasteiger partial charge in [-0.1, -0.05) is 36.4 Å². The van der Waals surface area contributed by atoms with Gasteiger partial charge in [-0.25, -0.2) is 13.1 Å². The molecule has 1 amide bonds. The minimum atomic E-state index is -3.64. The van der Waals surface area contributed by atoms with Gasteiger partial charge in [-0.15, -0.1) is 0 Å². The lowest BCUT2D eigenvalue weighted by Gasteiger charge is -2.35. The zero-order valence-corrected chi connectivity index (χ0v) is 19.4. The van der Waals surface area contributed by atoms with Gasteiger partial charge in [0.2, 0.25) is 5.91 Å². The fourth-order valence-electron chi connectivity index (χ4n) is 3.92. The Bertz CT molecular complexity index is 1160. The number of amides is 1. The van der Waals surface area contributed by atoms with Crippen LogP contribution < -0.4 is 0 Å². The lowest BCUT2D eigenvalue weighted by molar-refractivity contribution is -0.137. The largest absolute Gasteiger partial charge is 0.379 e. The summed E-state index contributed by atoms with van der Waals surface area (Å²) >= 11 is 0. The number of likely N-dealkylation sites (N-methyl/N-ethyl adjacent to an activating group) is 1. The summed E-state index contributed by atoms with van der Waals surface area (Å²) in [6.45, 7) is 2.31. The van der Waals surface area contributed by atoms with E-state index in [4.69, 9.17) is 4.74 Å². The second kappa shape index (κ2) is 10.3. The monoisotopic (exact) mass is 468 g/mol. The van der Waals surface area contributed by atoms with Crippen molar-refractivity contribution in [3.63, 3.8) is 0 Å². The van der Waals surface area contributed by atoms with Crippen molar-refractivity contribution in [3.8, 4) is 5.69 Å². The van der Waals surface area contributed by atoms with Gasteiger partial charge in [-0.3, -0.25) is 9.69 Å². The molecule has 0 aliphatic carbocycles. The van der Waals surface area contributed by atoms with Crippen molar-refractivity contribution in [3.05, 3.63) is 78.6 Å². The van der Waals surface area contributed by atoms with Crippen molar-refractivity contribution in [1.82, 2.24) is 19.6 Å². The normalized spacial score (nSPS) is 15.8. The fourth-order valence-corrected chi connectivity index (χ4v) is 5.46. The summed E-state index contributed by atoms with van der Waals surface area (Å²) in [5.41, 5.74) is 1.79. The highest BCUT2D eigenvalue weighted by molar-refractivity contribution is 7.91. The zero-order valence-electron chi connectivity index (χ0n) is 18.6. The van der Waals surface area contributed by atoms with E-state index in [0.29, 0.717) is 32.8 Å². The van der Waals surface area contributed by atoms with Gasteiger partial charge in [0, 0.05) is 38.4 Å². The number of sulfone groups is 1. The van der Waals surface area contributed by atoms with Crippen molar-refractivity contribution < 1.29 is 17.9 Å². The summed E-state index contributed by atoms with van der Waals surface area (Å²) in [5.74, 6) is -0.507. The minimum Gasteiger partial charge on any atom is -0.379 e. The van der Waals surface area contributed by atoms with Crippen LogP contribution in [0.2, 0.25) is 0 Å². The zero-order chi connectivity index (χ0) is 23.3. The van der Waals surface area contributed by atoms with Crippen molar-refractivity contribution in [1.29, 1.82) is 0 Å².